The lowest BCUT2D eigenvalue weighted by atomic mass is 10.0. The first-order chi connectivity index (χ1) is 5.58. The third-order valence-corrected chi connectivity index (χ3v) is 1.62. The van der Waals surface area contributed by atoms with Gasteiger partial charge < -0.3 is 20.1 Å². The molecule has 0 saturated carbocycles. The standard InChI is InChI=1S/C8H12O4/c1-2-12-8(11)4-3-6(9)5-7(8)10/h3-5,7,9-11H,2H2,1H3. The molecule has 1 aliphatic carbocycles. The Morgan fingerprint density at radius 2 is 2.33 bits per heavy atom. The number of ether oxygens (including phenoxy) is 1. The van der Waals surface area contributed by atoms with Gasteiger partial charge in [0, 0.05) is 6.61 Å². The SMILES string of the molecule is CCOC1(O)C=CC(O)=CC1O. The molecule has 0 heterocycles. The highest BCUT2D eigenvalue weighted by Crippen LogP contribution is 2.21. The average molecular weight is 172 g/mol. The first-order valence-electron chi connectivity index (χ1n) is 3.73. The van der Waals surface area contributed by atoms with Gasteiger partial charge in [-0.1, -0.05) is 0 Å². The molecule has 4 nitrogen and oxygen atoms in total. The summed E-state index contributed by atoms with van der Waals surface area (Å²) >= 11 is 0. The molecule has 2 unspecified atom stereocenters. The Balaban J connectivity index is 2.76. The van der Waals surface area contributed by atoms with Crippen LogP contribution in [-0.2, 0) is 4.74 Å². The molecular weight excluding hydrogens is 160 g/mol. The van der Waals surface area contributed by atoms with E-state index in [0.29, 0.717) is 0 Å². The highest BCUT2D eigenvalue weighted by Gasteiger charge is 2.34. The Kier molecular flexibility index (Phi) is 2.52. The second-order valence-electron chi connectivity index (χ2n) is 2.55. The molecule has 0 spiro atoms. The molecule has 0 radical (unpaired) electrons. The van der Waals surface area contributed by atoms with E-state index < -0.39 is 11.9 Å². The number of hydrogen-bond donors (Lipinski definition) is 3. The Morgan fingerprint density at radius 3 is 2.83 bits per heavy atom. The molecule has 0 aromatic rings. The average Bonchev–Trinajstić information content (AvgIpc) is 1.99. The van der Waals surface area contributed by atoms with Crippen molar-refractivity contribution in [2.75, 3.05) is 6.61 Å². The summed E-state index contributed by atoms with van der Waals surface area (Å²) in [5, 5.41) is 27.7. The monoisotopic (exact) mass is 172 g/mol. The Labute approximate surface area is 70.4 Å². The second-order valence-corrected chi connectivity index (χ2v) is 2.55. The first kappa shape index (κ1) is 9.25. The van der Waals surface area contributed by atoms with Gasteiger partial charge in [0.15, 0.2) is 0 Å². The molecule has 3 N–H and O–H groups in total. The number of hydrogen-bond acceptors (Lipinski definition) is 4. The van der Waals surface area contributed by atoms with Crippen LogP contribution < -0.4 is 0 Å². The van der Waals surface area contributed by atoms with Crippen LogP contribution >= 0.6 is 0 Å². The fourth-order valence-electron chi connectivity index (χ4n) is 1.00. The van der Waals surface area contributed by atoms with Crippen LogP contribution in [0, 0.1) is 0 Å². The largest absolute Gasteiger partial charge is 0.508 e. The van der Waals surface area contributed by atoms with E-state index in [1.165, 1.54) is 12.2 Å². The maximum atomic E-state index is 9.54. The van der Waals surface area contributed by atoms with Gasteiger partial charge in [0.25, 0.3) is 0 Å². The minimum Gasteiger partial charge on any atom is -0.508 e. The van der Waals surface area contributed by atoms with E-state index in [0.717, 1.165) is 6.08 Å². The topological polar surface area (TPSA) is 69.9 Å². The number of aliphatic hydroxyl groups excluding tert-OH is 2. The molecule has 1 aliphatic rings. The lowest BCUT2D eigenvalue weighted by Gasteiger charge is -2.29. The van der Waals surface area contributed by atoms with Crippen LogP contribution in [0.5, 0.6) is 0 Å². The summed E-state index contributed by atoms with van der Waals surface area (Å²) in [5.74, 6) is -1.77. The zero-order valence-corrected chi connectivity index (χ0v) is 6.77. The fourth-order valence-corrected chi connectivity index (χ4v) is 1.00. The molecule has 1 rings (SSSR count). The highest BCUT2D eigenvalue weighted by atomic mass is 16.6. The Morgan fingerprint density at radius 1 is 1.67 bits per heavy atom. The van der Waals surface area contributed by atoms with Gasteiger partial charge in [0.2, 0.25) is 5.79 Å². The third-order valence-electron chi connectivity index (χ3n) is 1.62. The molecule has 0 bridgehead atoms. The van der Waals surface area contributed by atoms with Gasteiger partial charge in [-0.15, -0.1) is 0 Å². The molecule has 12 heavy (non-hydrogen) atoms. The molecule has 0 aliphatic heterocycles. The molecule has 0 aromatic heterocycles. The van der Waals surface area contributed by atoms with Crippen LogP contribution in [0.25, 0.3) is 0 Å². The summed E-state index contributed by atoms with van der Waals surface area (Å²) in [5.41, 5.74) is 0. The maximum absolute atomic E-state index is 9.54. The fraction of sp³-hybridized carbons (Fsp3) is 0.500. The first-order valence-corrected chi connectivity index (χ1v) is 3.73. The molecule has 4 heteroatoms. The summed E-state index contributed by atoms with van der Waals surface area (Å²) < 4.78 is 4.89. The van der Waals surface area contributed by atoms with Crippen LogP contribution in [0.15, 0.2) is 24.0 Å². The van der Waals surface area contributed by atoms with Crippen molar-refractivity contribution in [3.05, 3.63) is 24.0 Å². The highest BCUT2D eigenvalue weighted by molar-refractivity contribution is 5.24. The van der Waals surface area contributed by atoms with Crippen LogP contribution in [0.4, 0.5) is 0 Å². The van der Waals surface area contributed by atoms with Crippen molar-refractivity contribution < 1.29 is 20.1 Å². The summed E-state index contributed by atoms with van der Waals surface area (Å²) in [6.45, 7) is 1.99. The number of rotatable bonds is 2. The smallest absolute Gasteiger partial charge is 0.216 e. The quantitative estimate of drug-likeness (QED) is 0.516. The minimum atomic E-state index is -1.69. The molecule has 0 saturated heterocycles. The molecule has 2 atom stereocenters. The van der Waals surface area contributed by atoms with Gasteiger partial charge in [0.1, 0.15) is 11.9 Å². The van der Waals surface area contributed by atoms with Gasteiger partial charge in [-0.3, -0.25) is 0 Å². The molecule has 68 valence electrons. The van der Waals surface area contributed by atoms with Crippen LogP contribution in [0.2, 0.25) is 0 Å². The Bertz CT molecular complexity index is 221. The van der Waals surface area contributed by atoms with Crippen LogP contribution in [-0.4, -0.2) is 33.8 Å². The second kappa shape index (κ2) is 3.26. The van der Waals surface area contributed by atoms with E-state index in [4.69, 9.17) is 9.84 Å². The number of aliphatic hydroxyl groups is 3. The van der Waals surface area contributed by atoms with E-state index in [1.54, 1.807) is 6.92 Å². The molecular formula is C8H12O4. The predicted molar refractivity (Wildman–Crippen MR) is 42.4 cm³/mol. The zero-order valence-electron chi connectivity index (χ0n) is 6.77. The van der Waals surface area contributed by atoms with Crippen molar-refractivity contribution >= 4 is 0 Å². The van der Waals surface area contributed by atoms with E-state index >= 15 is 0 Å². The lowest BCUT2D eigenvalue weighted by Crippen LogP contribution is -2.43. The molecule has 0 aromatic carbocycles. The minimum absolute atomic E-state index is 0.0770. The summed E-state index contributed by atoms with van der Waals surface area (Å²) in [7, 11) is 0. The Hall–Kier alpha value is -0.840. The van der Waals surface area contributed by atoms with Gasteiger partial charge >= 0.3 is 0 Å². The van der Waals surface area contributed by atoms with Gasteiger partial charge in [-0.2, -0.15) is 0 Å². The van der Waals surface area contributed by atoms with Gasteiger partial charge in [-0.05, 0) is 25.2 Å². The van der Waals surface area contributed by atoms with Gasteiger partial charge in [0.05, 0.1) is 0 Å². The van der Waals surface area contributed by atoms with Crippen molar-refractivity contribution in [2.24, 2.45) is 0 Å². The third kappa shape index (κ3) is 1.66. The molecule has 0 amide bonds. The zero-order chi connectivity index (χ0) is 9.19. The van der Waals surface area contributed by atoms with Crippen LogP contribution in [0.3, 0.4) is 0 Å². The predicted octanol–water partition coefficient (Wildman–Crippen LogP) is 0.0841. The summed E-state index contributed by atoms with van der Waals surface area (Å²) in [6.07, 6.45) is 2.40. The van der Waals surface area contributed by atoms with Crippen molar-refractivity contribution in [3.63, 3.8) is 0 Å². The maximum Gasteiger partial charge on any atom is 0.216 e. The van der Waals surface area contributed by atoms with Crippen molar-refractivity contribution in [1.82, 2.24) is 0 Å². The van der Waals surface area contributed by atoms with Crippen molar-refractivity contribution in [2.45, 2.75) is 18.8 Å². The van der Waals surface area contributed by atoms with E-state index in [9.17, 15) is 10.2 Å². The van der Waals surface area contributed by atoms with Crippen LogP contribution in [0.1, 0.15) is 6.92 Å². The van der Waals surface area contributed by atoms with Crippen molar-refractivity contribution in [3.8, 4) is 0 Å². The van der Waals surface area contributed by atoms with Gasteiger partial charge in [-0.25, -0.2) is 0 Å². The summed E-state index contributed by atoms with van der Waals surface area (Å²) in [6, 6.07) is 0. The number of allylic oxidation sites excluding steroid dienone is 1. The van der Waals surface area contributed by atoms with E-state index in [1.807, 2.05) is 0 Å². The van der Waals surface area contributed by atoms with E-state index in [-0.39, 0.29) is 12.4 Å². The van der Waals surface area contributed by atoms with Crippen molar-refractivity contribution in [1.29, 1.82) is 0 Å². The normalized spacial score (nSPS) is 34.9. The lowest BCUT2D eigenvalue weighted by molar-refractivity contribution is -0.210. The summed E-state index contributed by atoms with van der Waals surface area (Å²) in [4.78, 5) is 0. The van der Waals surface area contributed by atoms with E-state index in [2.05, 4.69) is 0 Å². The molecule has 0 fully saturated rings.